The van der Waals surface area contributed by atoms with Gasteiger partial charge in [-0.3, -0.25) is 14.7 Å². The minimum Gasteiger partial charge on any atom is -0.458 e. The maximum absolute atomic E-state index is 14.6. The van der Waals surface area contributed by atoms with Crippen molar-refractivity contribution in [1.29, 1.82) is 0 Å². The van der Waals surface area contributed by atoms with E-state index >= 15 is 0 Å². The fourth-order valence-electron chi connectivity index (χ4n) is 10.7. The number of carbonyl (C=O) groups excluding carboxylic acids is 2. The molecule has 0 aliphatic carbocycles. The average Bonchev–Trinajstić information content (AvgIpc) is 3.39. The molecule has 0 aromatic carbocycles. The molecule has 3 N–H and O–H groups in total. The number of anilines is 1. The van der Waals surface area contributed by atoms with Crippen LogP contribution in [-0.2, 0) is 44.7 Å². The fraction of sp³-hybridized carbons (Fsp3) is 0.696. The average molecular weight is 878 g/mol. The van der Waals surface area contributed by atoms with E-state index < -0.39 is 71.8 Å². The molecule has 4 fully saturated rings. The number of aliphatic imine (C=N–C) groups is 1. The van der Waals surface area contributed by atoms with Gasteiger partial charge in [0.2, 0.25) is 0 Å². The summed E-state index contributed by atoms with van der Waals surface area (Å²) in [6, 6.07) is 10.3. The number of pyridine rings is 2. The zero-order valence-corrected chi connectivity index (χ0v) is 38.4. The molecule has 1 amide bonds. The first-order chi connectivity index (χ1) is 29.9. The molecule has 346 valence electrons. The van der Waals surface area contributed by atoms with Crippen LogP contribution in [0.25, 0.3) is 11.4 Å². The lowest BCUT2D eigenvalue weighted by molar-refractivity contribution is -0.302. The van der Waals surface area contributed by atoms with E-state index in [0.29, 0.717) is 61.0 Å². The monoisotopic (exact) mass is 877 g/mol. The first kappa shape index (κ1) is 46.7. The maximum atomic E-state index is 14.6. The molecule has 14 atom stereocenters. The normalized spacial score (nSPS) is 38.4. The molecule has 0 saturated carbocycles. The SMILES string of the molecule is CC[C@@H]1OC(=O)[C@H](C)[C@H]2OCC(=NOCc3cccc(-c4cccc(N)n4)n3)CO[C@](C)(C[C@@H](C)C3=NCCN4C(=O)O[C@@]1(C)[C@H]4[C@H]3C)[C@@H](O[C@H]1O[C@@H](C)C[C@@H](N(C)C)[C@@H]1O)[C@@H]2C. The molecule has 2 aromatic heterocycles. The van der Waals surface area contributed by atoms with Crippen molar-refractivity contribution in [2.45, 2.75) is 141 Å². The van der Waals surface area contributed by atoms with Crippen molar-refractivity contribution in [1.82, 2.24) is 19.8 Å². The van der Waals surface area contributed by atoms with Crippen LogP contribution >= 0.6 is 0 Å². The molecular weight excluding hydrogens is 811 g/mol. The standard InChI is InChI=1S/C46H67N7O10/c1-11-35-46(8)40-27(4)37(48-18-19-53(40)44(56)63-46)25(2)21-45(7)41(62-43-38(54)34(52(9)10)20-26(3)60-43)28(5)39(29(6)42(55)61-35)57-22-31(23-58-45)51-59-24-30-14-12-15-32(49-30)33-16-13-17-36(47)50-33/h12-17,25-29,34-35,38-41,43,54H,11,18-24H2,1-10H3,(H2,47,50)/t25-,26+,27+,28-,29-,34-,35+,38+,39+,40-,41+,43-,45-,46-/m1/s1. The molecule has 4 saturated heterocycles. The molecule has 4 bridgehead atoms. The Morgan fingerprint density at radius 1 is 1.02 bits per heavy atom. The van der Waals surface area contributed by atoms with Crippen LogP contribution in [0.5, 0.6) is 0 Å². The number of hydrogen-bond acceptors (Lipinski definition) is 16. The Balaban J connectivity index is 1.28. The molecular formula is C46H67N7O10. The third-order valence-electron chi connectivity index (χ3n) is 13.8. The number of cyclic esters (lactones) is 1. The topological polar surface area (TPSA) is 202 Å². The van der Waals surface area contributed by atoms with E-state index in [1.165, 1.54) is 0 Å². The Labute approximate surface area is 371 Å². The molecule has 5 aliphatic rings. The number of carbonyl (C=O) groups is 2. The molecule has 17 heteroatoms. The number of hydrogen-bond donors (Lipinski definition) is 2. The summed E-state index contributed by atoms with van der Waals surface area (Å²) in [5.74, 6) is -1.96. The van der Waals surface area contributed by atoms with E-state index in [1.807, 2.05) is 83.9 Å². The molecule has 2 aromatic rings. The zero-order valence-electron chi connectivity index (χ0n) is 38.4. The van der Waals surface area contributed by atoms with Crippen molar-refractivity contribution in [3.05, 3.63) is 42.1 Å². The Hall–Kier alpha value is -4.26. The van der Waals surface area contributed by atoms with Crippen LogP contribution in [-0.4, -0.2) is 149 Å². The van der Waals surface area contributed by atoms with Crippen molar-refractivity contribution in [3.63, 3.8) is 0 Å². The quantitative estimate of drug-likeness (QED) is 0.268. The van der Waals surface area contributed by atoms with Gasteiger partial charge in [-0.2, -0.15) is 0 Å². The number of aliphatic hydroxyl groups excluding tert-OH is 1. The highest BCUT2D eigenvalue weighted by atomic mass is 16.7. The number of amides is 1. The minimum absolute atomic E-state index is 0.0103. The number of ether oxygens (including phenoxy) is 6. The summed E-state index contributed by atoms with van der Waals surface area (Å²) < 4.78 is 39.9. The molecule has 63 heavy (non-hydrogen) atoms. The minimum atomic E-state index is -1.15. The third kappa shape index (κ3) is 9.59. The smallest absolute Gasteiger partial charge is 0.410 e. The third-order valence-corrected chi connectivity index (χ3v) is 13.8. The summed E-state index contributed by atoms with van der Waals surface area (Å²) in [7, 11) is 3.86. The fourth-order valence-corrected chi connectivity index (χ4v) is 10.7. The van der Waals surface area contributed by atoms with Crippen molar-refractivity contribution in [2.24, 2.45) is 33.8 Å². The lowest BCUT2D eigenvalue weighted by atomic mass is 9.72. The summed E-state index contributed by atoms with van der Waals surface area (Å²) in [5, 5.41) is 16.4. The number of aromatic nitrogens is 2. The van der Waals surface area contributed by atoms with Gasteiger partial charge in [-0.15, -0.1) is 0 Å². The lowest BCUT2D eigenvalue weighted by Crippen LogP contribution is -2.60. The van der Waals surface area contributed by atoms with Crippen molar-refractivity contribution >= 4 is 29.3 Å². The number of nitrogen functional groups attached to an aromatic ring is 1. The zero-order chi connectivity index (χ0) is 45.4. The van der Waals surface area contributed by atoms with E-state index in [0.717, 1.165) is 5.71 Å². The van der Waals surface area contributed by atoms with Crippen LogP contribution in [0, 0.1) is 23.7 Å². The summed E-state index contributed by atoms with van der Waals surface area (Å²) in [5.41, 5.74) is 6.90. The predicted molar refractivity (Wildman–Crippen MR) is 235 cm³/mol. The van der Waals surface area contributed by atoms with Crippen LogP contribution < -0.4 is 5.73 Å². The Morgan fingerprint density at radius 2 is 1.75 bits per heavy atom. The number of aliphatic hydroxyl groups is 1. The van der Waals surface area contributed by atoms with Gasteiger partial charge in [-0.25, -0.2) is 14.8 Å². The van der Waals surface area contributed by atoms with Gasteiger partial charge < -0.3 is 49.0 Å². The van der Waals surface area contributed by atoms with Crippen LogP contribution in [0.2, 0.25) is 0 Å². The summed E-state index contributed by atoms with van der Waals surface area (Å²) >= 11 is 0. The van der Waals surface area contributed by atoms with Gasteiger partial charge in [0.05, 0.1) is 72.7 Å². The Kier molecular flexibility index (Phi) is 14.1. The number of nitrogens with zero attached hydrogens (tertiary/aromatic N) is 6. The van der Waals surface area contributed by atoms with Crippen molar-refractivity contribution < 1.29 is 48.0 Å². The molecule has 0 spiro atoms. The number of oxime groups is 1. The molecule has 5 aliphatic heterocycles. The van der Waals surface area contributed by atoms with Gasteiger partial charge in [0, 0.05) is 30.1 Å². The predicted octanol–water partition coefficient (Wildman–Crippen LogP) is 4.89. The summed E-state index contributed by atoms with van der Waals surface area (Å²) in [4.78, 5) is 52.1. The van der Waals surface area contributed by atoms with Crippen LogP contribution in [0.3, 0.4) is 0 Å². The van der Waals surface area contributed by atoms with E-state index in [4.69, 9.17) is 49.0 Å². The second-order valence-electron chi connectivity index (χ2n) is 18.8. The molecule has 0 unspecified atom stereocenters. The first-order valence-electron chi connectivity index (χ1n) is 22.5. The second-order valence-corrected chi connectivity index (χ2v) is 18.8. The summed E-state index contributed by atoms with van der Waals surface area (Å²) in [6.45, 7) is 16.5. The Bertz CT molecular complexity index is 2020. The van der Waals surface area contributed by atoms with E-state index in [9.17, 15) is 14.7 Å². The van der Waals surface area contributed by atoms with Gasteiger partial charge in [-0.05, 0) is 91.2 Å². The van der Waals surface area contributed by atoms with Crippen molar-refractivity contribution in [2.75, 3.05) is 46.1 Å². The van der Waals surface area contributed by atoms with Gasteiger partial charge in [-0.1, -0.05) is 45.0 Å². The van der Waals surface area contributed by atoms with Gasteiger partial charge in [0.1, 0.15) is 23.7 Å². The highest BCUT2D eigenvalue weighted by Gasteiger charge is 2.60. The highest BCUT2D eigenvalue weighted by molar-refractivity contribution is 5.91. The largest absolute Gasteiger partial charge is 0.458 e. The maximum Gasteiger partial charge on any atom is 0.410 e. The second kappa shape index (κ2) is 19.1. The molecule has 7 rings (SSSR count). The number of esters is 1. The van der Waals surface area contributed by atoms with Crippen LogP contribution in [0.1, 0.15) is 80.3 Å². The molecule has 7 heterocycles. The van der Waals surface area contributed by atoms with Gasteiger partial charge >= 0.3 is 12.1 Å². The molecule has 17 nitrogen and oxygen atoms in total. The lowest BCUT2D eigenvalue weighted by Gasteiger charge is -2.48. The highest BCUT2D eigenvalue weighted by Crippen LogP contribution is 2.45. The first-order valence-corrected chi connectivity index (χ1v) is 22.5. The number of likely N-dealkylation sites (N-methyl/N-ethyl adjacent to an activating group) is 1. The van der Waals surface area contributed by atoms with E-state index in [1.54, 1.807) is 17.9 Å². The number of rotatable bonds is 8. The number of fused-ring (bicyclic) bond motifs is 4. The van der Waals surface area contributed by atoms with E-state index in [2.05, 4.69) is 24.0 Å². The van der Waals surface area contributed by atoms with Gasteiger partial charge in [0.15, 0.2) is 18.5 Å². The van der Waals surface area contributed by atoms with Crippen LogP contribution in [0.4, 0.5) is 10.6 Å². The Morgan fingerprint density at radius 3 is 2.46 bits per heavy atom. The van der Waals surface area contributed by atoms with E-state index in [-0.39, 0.29) is 43.8 Å². The van der Waals surface area contributed by atoms with Crippen molar-refractivity contribution in [3.8, 4) is 11.4 Å². The number of nitrogens with two attached hydrogens (primary N) is 1. The molecule has 0 radical (unpaired) electrons. The van der Waals surface area contributed by atoms with Crippen LogP contribution in [0.15, 0.2) is 46.5 Å². The van der Waals surface area contributed by atoms with Gasteiger partial charge in [0.25, 0.3) is 0 Å². The summed E-state index contributed by atoms with van der Waals surface area (Å²) in [6.07, 6.45) is -3.61.